The lowest BCUT2D eigenvalue weighted by atomic mass is 10.2. The molecule has 2 aromatic rings. The number of likely N-dealkylation sites (tertiary alicyclic amines) is 1. The lowest BCUT2D eigenvalue weighted by molar-refractivity contribution is 0.347. The lowest BCUT2D eigenvalue weighted by Crippen LogP contribution is -2.40. The summed E-state index contributed by atoms with van der Waals surface area (Å²) in [6, 6.07) is 21.6. The average Bonchev–Trinajstić information content (AvgIpc) is 2.88. The number of hydrogen-bond donors (Lipinski definition) is 0. The molecule has 0 N–H and O–H groups in total. The normalized spacial score (nSPS) is 17.8. The van der Waals surface area contributed by atoms with Crippen molar-refractivity contribution in [3.63, 3.8) is 0 Å². The Bertz CT molecular complexity index is 701. The molecule has 1 saturated heterocycles. The smallest absolute Gasteiger partial charge is 0.104 e. The van der Waals surface area contributed by atoms with Crippen LogP contribution in [0.3, 0.4) is 0 Å². The van der Waals surface area contributed by atoms with Gasteiger partial charge in [-0.2, -0.15) is 0 Å². The van der Waals surface area contributed by atoms with Gasteiger partial charge in [-0.05, 0) is 16.7 Å². The van der Waals surface area contributed by atoms with Gasteiger partial charge in [-0.3, -0.25) is 4.90 Å². The van der Waals surface area contributed by atoms with E-state index in [1.54, 1.807) is 0 Å². The van der Waals surface area contributed by atoms with Crippen LogP contribution in [0, 0.1) is 0 Å². The second-order valence-corrected chi connectivity index (χ2v) is 11.3. The molecule has 0 atom stereocenters. The molecule has 1 fully saturated rings. The van der Waals surface area contributed by atoms with Crippen molar-refractivity contribution >= 4 is 13.3 Å². The summed E-state index contributed by atoms with van der Waals surface area (Å²) in [7, 11) is -1.56. The molecule has 1 nitrogen and oxygen atoms in total. The van der Waals surface area contributed by atoms with Crippen LogP contribution in [0.4, 0.5) is 0 Å². The average molecular weight is 320 g/mol. The van der Waals surface area contributed by atoms with Gasteiger partial charge >= 0.3 is 0 Å². The van der Waals surface area contributed by atoms with E-state index in [9.17, 15) is 0 Å². The molecule has 0 unspecified atom stereocenters. The van der Waals surface area contributed by atoms with E-state index in [-0.39, 0.29) is 0 Å². The Labute approximate surface area is 141 Å². The third-order valence-corrected chi connectivity index (χ3v) is 7.46. The number of nitrogens with zero attached hydrogens (tertiary/aromatic N) is 1. The molecule has 1 aliphatic heterocycles. The van der Waals surface area contributed by atoms with Gasteiger partial charge in [-0.25, -0.2) is 0 Å². The van der Waals surface area contributed by atoms with Crippen LogP contribution in [0.1, 0.15) is 5.56 Å². The Morgan fingerprint density at radius 3 is 2.22 bits per heavy atom. The van der Waals surface area contributed by atoms with Gasteiger partial charge in [-0.1, -0.05) is 91.2 Å². The Morgan fingerprint density at radius 2 is 1.57 bits per heavy atom. The summed E-state index contributed by atoms with van der Waals surface area (Å²) >= 11 is 0. The molecule has 0 aromatic heterocycles. The van der Waals surface area contributed by atoms with Gasteiger partial charge in [-0.15, -0.1) is 0 Å². The zero-order chi connectivity index (χ0) is 16.3. The monoisotopic (exact) mass is 319 g/mol. The summed E-state index contributed by atoms with van der Waals surface area (Å²) in [5.41, 5.74) is 6.65. The molecule has 0 radical (unpaired) electrons. The Balaban J connectivity index is 1.75. The second-order valence-electron chi connectivity index (χ2n) is 6.99. The maximum atomic E-state index is 4.32. The van der Waals surface area contributed by atoms with Gasteiger partial charge in [0.1, 0.15) is 8.07 Å². The highest BCUT2D eigenvalue weighted by Crippen LogP contribution is 2.24. The van der Waals surface area contributed by atoms with Crippen molar-refractivity contribution in [1.29, 1.82) is 0 Å². The molecular weight excluding hydrogens is 294 g/mol. The van der Waals surface area contributed by atoms with E-state index in [0.29, 0.717) is 0 Å². The van der Waals surface area contributed by atoms with Crippen LogP contribution in [0.2, 0.25) is 13.1 Å². The quantitative estimate of drug-likeness (QED) is 0.766. The van der Waals surface area contributed by atoms with Gasteiger partial charge in [0.05, 0.1) is 0 Å². The molecule has 0 bridgehead atoms. The SMILES string of the molecule is C=C1CN(Cc2ccccc2)C/C1=C/[Si](C)(C)c1ccccc1. The molecule has 0 amide bonds. The third kappa shape index (κ3) is 3.90. The fourth-order valence-electron chi connectivity index (χ4n) is 3.27. The first kappa shape index (κ1) is 16.0. The van der Waals surface area contributed by atoms with Crippen LogP contribution >= 0.6 is 0 Å². The van der Waals surface area contributed by atoms with Crippen molar-refractivity contribution in [1.82, 2.24) is 4.90 Å². The number of rotatable bonds is 4. The molecular formula is C21H25NSi. The van der Waals surface area contributed by atoms with E-state index >= 15 is 0 Å². The van der Waals surface area contributed by atoms with E-state index < -0.39 is 8.07 Å². The topological polar surface area (TPSA) is 3.24 Å². The van der Waals surface area contributed by atoms with Crippen LogP contribution in [0.15, 0.2) is 84.1 Å². The molecule has 2 heteroatoms. The van der Waals surface area contributed by atoms with Crippen LogP contribution in [0.5, 0.6) is 0 Å². The summed E-state index contributed by atoms with van der Waals surface area (Å²) in [5, 5.41) is 1.49. The van der Waals surface area contributed by atoms with Crippen LogP contribution in [0.25, 0.3) is 0 Å². The van der Waals surface area contributed by atoms with Gasteiger partial charge in [0.2, 0.25) is 0 Å². The molecule has 2 aromatic carbocycles. The van der Waals surface area contributed by atoms with Crippen LogP contribution in [-0.2, 0) is 6.54 Å². The van der Waals surface area contributed by atoms with E-state index in [0.717, 1.165) is 19.6 Å². The predicted molar refractivity (Wildman–Crippen MR) is 103 cm³/mol. The second kappa shape index (κ2) is 6.69. The predicted octanol–water partition coefficient (Wildman–Crippen LogP) is 4.14. The molecule has 0 spiro atoms. The van der Waals surface area contributed by atoms with Gasteiger partial charge in [0.15, 0.2) is 0 Å². The summed E-state index contributed by atoms with van der Waals surface area (Å²) in [4.78, 5) is 2.49. The van der Waals surface area contributed by atoms with Crippen molar-refractivity contribution < 1.29 is 0 Å². The first-order chi connectivity index (χ1) is 11.0. The summed E-state index contributed by atoms with van der Waals surface area (Å²) < 4.78 is 0. The maximum Gasteiger partial charge on any atom is 0.104 e. The van der Waals surface area contributed by atoms with Crippen molar-refractivity contribution in [2.24, 2.45) is 0 Å². The molecule has 0 aliphatic carbocycles. The van der Waals surface area contributed by atoms with Crippen molar-refractivity contribution in [2.45, 2.75) is 19.6 Å². The molecule has 23 heavy (non-hydrogen) atoms. The Hall–Kier alpha value is -1.90. The molecule has 3 rings (SSSR count). The van der Waals surface area contributed by atoms with E-state index in [1.807, 2.05) is 0 Å². The summed E-state index contributed by atoms with van der Waals surface area (Å²) in [5.74, 6) is 0. The van der Waals surface area contributed by atoms with E-state index in [2.05, 4.69) is 90.9 Å². The van der Waals surface area contributed by atoms with Gasteiger partial charge < -0.3 is 0 Å². The highest BCUT2D eigenvalue weighted by molar-refractivity contribution is 6.94. The number of benzene rings is 2. The first-order valence-electron chi connectivity index (χ1n) is 8.26. The lowest BCUT2D eigenvalue weighted by Gasteiger charge is -2.20. The minimum atomic E-state index is -1.56. The van der Waals surface area contributed by atoms with Gasteiger partial charge in [0.25, 0.3) is 0 Å². The van der Waals surface area contributed by atoms with E-state index in [1.165, 1.54) is 21.9 Å². The largest absolute Gasteiger partial charge is 0.291 e. The Kier molecular flexibility index (Phi) is 4.65. The summed E-state index contributed by atoms with van der Waals surface area (Å²) in [6.45, 7) is 12.2. The molecule has 118 valence electrons. The number of hydrogen-bond acceptors (Lipinski definition) is 1. The summed E-state index contributed by atoms with van der Waals surface area (Å²) in [6.07, 6.45) is 0. The third-order valence-electron chi connectivity index (χ3n) is 4.56. The Morgan fingerprint density at radius 1 is 0.957 bits per heavy atom. The minimum absolute atomic E-state index is 0.986. The minimum Gasteiger partial charge on any atom is -0.291 e. The fraction of sp³-hybridized carbons (Fsp3) is 0.238. The highest BCUT2D eigenvalue weighted by Gasteiger charge is 2.26. The van der Waals surface area contributed by atoms with Gasteiger partial charge in [0, 0.05) is 19.6 Å². The molecule has 0 saturated carbocycles. The van der Waals surface area contributed by atoms with Crippen molar-refractivity contribution in [2.75, 3.05) is 13.1 Å². The highest BCUT2D eigenvalue weighted by atomic mass is 28.3. The zero-order valence-corrected chi connectivity index (χ0v) is 15.1. The first-order valence-corrected chi connectivity index (χ1v) is 11.3. The standard InChI is InChI=1S/C21H25NSi/c1-18-14-22(15-19-10-6-4-7-11-19)16-20(18)17-23(2,3)21-12-8-5-9-13-21/h4-13,17H,1,14-16H2,2-3H3/b20-17-. The fourth-order valence-corrected chi connectivity index (χ4v) is 5.65. The van der Waals surface area contributed by atoms with Crippen LogP contribution in [-0.4, -0.2) is 26.1 Å². The van der Waals surface area contributed by atoms with E-state index in [4.69, 9.17) is 0 Å². The zero-order valence-electron chi connectivity index (χ0n) is 14.1. The van der Waals surface area contributed by atoms with Crippen molar-refractivity contribution in [3.05, 3.63) is 89.7 Å². The molecule has 1 heterocycles. The molecule has 1 aliphatic rings. The maximum absolute atomic E-state index is 4.32. The van der Waals surface area contributed by atoms with Crippen molar-refractivity contribution in [3.8, 4) is 0 Å². The van der Waals surface area contributed by atoms with Crippen LogP contribution < -0.4 is 5.19 Å².